The van der Waals surface area contributed by atoms with Crippen LogP contribution in [0.1, 0.15) is 44.7 Å². The smallest absolute Gasteiger partial charge is 0.352 e. The Labute approximate surface area is 224 Å². The van der Waals surface area contributed by atoms with Crippen LogP contribution in [0.25, 0.3) is 5.69 Å². The number of methoxy groups -OCH3 is 1. The van der Waals surface area contributed by atoms with Gasteiger partial charge in [0.1, 0.15) is 11.5 Å². The van der Waals surface area contributed by atoms with Crippen LogP contribution in [0.2, 0.25) is 0 Å². The van der Waals surface area contributed by atoms with Crippen molar-refractivity contribution in [2.75, 3.05) is 7.11 Å². The van der Waals surface area contributed by atoms with E-state index >= 15 is 0 Å². The van der Waals surface area contributed by atoms with Gasteiger partial charge in [-0.1, -0.05) is 31.2 Å². The van der Waals surface area contributed by atoms with Crippen LogP contribution in [0.3, 0.4) is 0 Å². The van der Waals surface area contributed by atoms with E-state index in [1.54, 1.807) is 63.2 Å². The van der Waals surface area contributed by atoms with E-state index in [4.69, 9.17) is 4.74 Å². The lowest BCUT2D eigenvalue weighted by molar-refractivity contribution is -0.140. The number of aromatic nitrogens is 3. The molecule has 2 aliphatic carbocycles. The number of Topliss-reactive ketones (excluding diaryl/α,β-unsaturated/α-hetero) is 2. The second-order valence-electron chi connectivity index (χ2n) is 10.8. The number of hydrogen-bond donors (Lipinski definition) is 1. The quantitative estimate of drug-likeness (QED) is 0.523. The normalized spacial score (nSPS) is 26.1. The van der Waals surface area contributed by atoms with Gasteiger partial charge < -0.3 is 9.84 Å². The number of para-hydroxylation sites is 1. The third kappa shape index (κ3) is 3.25. The minimum absolute atomic E-state index is 0.0383. The number of fused-ring (bicyclic) bond motifs is 4. The van der Waals surface area contributed by atoms with Gasteiger partial charge in [-0.25, -0.2) is 23.5 Å². The van der Waals surface area contributed by atoms with Gasteiger partial charge in [-0.15, -0.1) is 0 Å². The molecule has 9 nitrogen and oxygen atoms in total. The van der Waals surface area contributed by atoms with Gasteiger partial charge >= 0.3 is 11.4 Å². The summed E-state index contributed by atoms with van der Waals surface area (Å²) in [6.45, 7) is 5.22. The molecule has 0 saturated heterocycles. The topological polar surface area (TPSA) is 113 Å². The minimum atomic E-state index is -1.21. The van der Waals surface area contributed by atoms with Crippen LogP contribution in [0.5, 0.6) is 11.5 Å². The Bertz CT molecular complexity index is 1740. The molecule has 2 aromatic carbocycles. The average Bonchev–Trinajstić information content (AvgIpc) is 3.20. The van der Waals surface area contributed by atoms with E-state index in [2.05, 4.69) is 0 Å². The number of benzene rings is 2. The number of rotatable bonds is 3. The first-order valence-corrected chi connectivity index (χ1v) is 12.9. The zero-order valence-electron chi connectivity index (χ0n) is 22.2. The number of ketones is 2. The van der Waals surface area contributed by atoms with Crippen molar-refractivity contribution in [3.8, 4) is 17.2 Å². The predicted molar refractivity (Wildman–Crippen MR) is 143 cm³/mol. The van der Waals surface area contributed by atoms with E-state index in [9.17, 15) is 24.3 Å². The summed E-state index contributed by atoms with van der Waals surface area (Å²) in [5.41, 5.74) is 0.225. The zero-order valence-corrected chi connectivity index (χ0v) is 22.2. The summed E-state index contributed by atoms with van der Waals surface area (Å²) < 4.78 is 9.38. The van der Waals surface area contributed by atoms with Gasteiger partial charge in [0, 0.05) is 17.4 Å². The molecular formula is C30H29N3O6. The molecule has 3 aromatic rings. The average molecular weight is 528 g/mol. The van der Waals surface area contributed by atoms with Crippen molar-refractivity contribution < 1.29 is 19.4 Å². The summed E-state index contributed by atoms with van der Waals surface area (Å²) in [4.78, 5) is 55.1. The van der Waals surface area contributed by atoms with Crippen molar-refractivity contribution in [1.29, 1.82) is 0 Å². The number of allylic oxidation sites excluding steroid dienone is 4. The zero-order chi connectivity index (χ0) is 27.8. The highest BCUT2D eigenvalue weighted by Crippen LogP contribution is 2.61. The van der Waals surface area contributed by atoms with Crippen LogP contribution in [0.4, 0.5) is 0 Å². The highest BCUT2D eigenvalue weighted by molar-refractivity contribution is 6.15. The summed E-state index contributed by atoms with van der Waals surface area (Å²) in [6.07, 6.45) is 2.04. The Morgan fingerprint density at radius 2 is 1.69 bits per heavy atom. The molecule has 1 fully saturated rings. The fraction of sp³-hybridized carbons (Fsp3) is 0.333. The van der Waals surface area contributed by atoms with Crippen molar-refractivity contribution in [2.24, 2.45) is 11.3 Å². The molecule has 1 saturated carbocycles. The summed E-state index contributed by atoms with van der Waals surface area (Å²) >= 11 is 0. The van der Waals surface area contributed by atoms with Gasteiger partial charge in [-0.2, -0.15) is 0 Å². The first-order valence-electron chi connectivity index (χ1n) is 12.9. The van der Waals surface area contributed by atoms with Gasteiger partial charge in [0.25, 0.3) is 0 Å². The van der Waals surface area contributed by atoms with Crippen molar-refractivity contribution in [2.45, 2.75) is 45.7 Å². The Balaban J connectivity index is 1.63. The Morgan fingerprint density at radius 3 is 2.38 bits per heavy atom. The maximum Gasteiger partial charge on any atom is 0.352 e. The SMILES string of the molecule is COc1ccc(O)c([C@H]2C3=CCn4c(=O)n(-c5ccccc5)c(=O)n4[C@@H]3C[C@H]3C(=O)C(C)=C(C)C(=O)[C@@]23C)c1. The summed E-state index contributed by atoms with van der Waals surface area (Å²) in [7, 11) is 1.51. The molecule has 2 heterocycles. The summed E-state index contributed by atoms with van der Waals surface area (Å²) in [5, 5.41) is 11.1. The first-order chi connectivity index (χ1) is 18.6. The molecule has 1 N–H and O–H groups in total. The van der Waals surface area contributed by atoms with E-state index in [-0.39, 0.29) is 30.3 Å². The molecular weight excluding hydrogens is 498 g/mol. The van der Waals surface area contributed by atoms with E-state index in [1.807, 2.05) is 6.08 Å². The van der Waals surface area contributed by atoms with Crippen molar-refractivity contribution in [3.63, 3.8) is 0 Å². The molecule has 39 heavy (non-hydrogen) atoms. The highest BCUT2D eigenvalue weighted by atomic mass is 16.5. The number of carbonyl (C=O) groups excluding carboxylic acids is 2. The lowest BCUT2D eigenvalue weighted by Crippen LogP contribution is -2.55. The van der Waals surface area contributed by atoms with Crippen molar-refractivity contribution in [3.05, 3.63) is 97.9 Å². The maximum atomic E-state index is 14.0. The van der Waals surface area contributed by atoms with E-state index in [1.165, 1.54) is 22.5 Å². The molecule has 0 radical (unpaired) electrons. The Hall–Kier alpha value is -4.40. The molecule has 9 heteroatoms. The molecule has 4 atom stereocenters. The number of carbonyl (C=O) groups is 2. The third-order valence-electron chi connectivity index (χ3n) is 8.99. The molecule has 1 aromatic heterocycles. The summed E-state index contributed by atoms with van der Waals surface area (Å²) in [5.74, 6) is -1.36. The van der Waals surface area contributed by atoms with Gasteiger partial charge in [0.15, 0.2) is 11.6 Å². The third-order valence-corrected chi connectivity index (χ3v) is 8.99. The fourth-order valence-electron chi connectivity index (χ4n) is 6.87. The molecule has 0 spiro atoms. The molecule has 3 aliphatic rings. The fourth-order valence-corrected chi connectivity index (χ4v) is 6.87. The van der Waals surface area contributed by atoms with Crippen LogP contribution >= 0.6 is 0 Å². The monoisotopic (exact) mass is 527 g/mol. The number of nitrogens with zero attached hydrogens (tertiary/aromatic N) is 3. The number of hydrogen-bond acceptors (Lipinski definition) is 6. The number of phenols is 1. The molecule has 200 valence electrons. The minimum Gasteiger partial charge on any atom is -0.508 e. The second kappa shape index (κ2) is 8.56. The summed E-state index contributed by atoms with van der Waals surface area (Å²) in [6, 6.07) is 12.9. The van der Waals surface area contributed by atoms with Crippen molar-refractivity contribution in [1.82, 2.24) is 13.9 Å². The van der Waals surface area contributed by atoms with E-state index in [0.29, 0.717) is 28.1 Å². The first kappa shape index (κ1) is 24.9. The van der Waals surface area contributed by atoms with Gasteiger partial charge in [-0.3, -0.25) is 9.59 Å². The van der Waals surface area contributed by atoms with Gasteiger partial charge in [0.05, 0.1) is 30.8 Å². The standard InChI is InChI=1S/C30H29N3O6/c1-16-17(2)27(36)30(3)22(26(16)35)15-23-20(25(30)21-14-19(39-4)10-11-24(21)34)12-13-31-28(37)32(29(38)33(23)31)18-8-6-5-7-9-18/h5-12,14,22-23,25,34H,13,15H2,1-4H3/t22-,23+,25+,30+/m0/s1. The molecule has 1 aliphatic heterocycles. The van der Waals surface area contributed by atoms with E-state index in [0.717, 1.165) is 10.1 Å². The van der Waals surface area contributed by atoms with Gasteiger partial charge in [-0.05, 0) is 67.3 Å². The maximum absolute atomic E-state index is 14.0. The molecule has 0 amide bonds. The molecule has 6 rings (SSSR count). The molecule has 0 unspecified atom stereocenters. The lowest BCUT2D eigenvalue weighted by atomic mass is 9.50. The van der Waals surface area contributed by atoms with E-state index < -0.39 is 34.7 Å². The van der Waals surface area contributed by atoms with Gasteiger partial charge in [0.2, 0.25) is 0 Å². The number of phenolic OH excluding ortho intramolecular Hbond substituents is 1. The number of ether oxygens (including phenoxy) is 1. The van der Waals surface area contributed by atoms with Crippen LogP contribution in [-0.2, 0) is 16.1 Å². The van der Waals surface area contributed by atoms with Crippen LogP contribution < -0.4 is 16.1 Å². The molecule has 0 bridgehead atoms. The van der Waals surface area contributed by atoms with Crippen molar-refractivity contribution >= 4 is 11.6 Å². The Morgan fingerprint density at radius 1 is 0.974 bits per heavy atom. The highest BCUT2D eigenvalue weighted by Gasteiger charge is 2.61. The van der Waals surface area contributed by atoms with Crippen LogP contribution in [0.15, 0.2) is 80.9 Å². The Kier molecular flexibility index (Phi) is 5.47. The lowest BCUT2D eigenvalue weighted by Gasteiger charge is -2.53. The predicted octanol–water partition coefficient (Wildman–Crippen LogP) is 3.29. The van der Waals surface area contributed by atoms with Crippen LogP contribution in [0, 0.1) is 11.3 Å². The van der Waals surface area contributed by atoms with Crippen LogP contribution in [-0.4, -0.2) is 37.7 Å². The second-order valence-corrected chi connectivity index (χ2v) is 10.8. The largest absolute Gasteiger partial charge is 0.508 e. The number of aromatic hydroxyl groups is 1.